The number of aryl methyl sites for hydroxylation is 1. The van der Waals surface area contributed by atoms with Crippen LogP contribution in [-0.2, 0) is 11.2 Å². The van der Waals surface area contributed by atoms with Crippen molar-refractivity contribution in [3.8, 4) is 0 Å². The summed E-state index contributed by atoms with van der Waals surface area (Å²) >= 11 is 3.58. The van der Waals surface area contributed by atoms with Crippen LogP contribution in [0.2, 0.25) is 0 Å². The molecule has 20 heavy (non-hydrogen) atoms. The molecule has 1 saturated heterocycles. The quantitative estimate of drug-likeness (QED) is 0.839. The molecular formula is C16H23BrN2O. The van der Waals surface area contributed by atoms with E-state index < -0.39 is 0 Å². The molecule has 1 aliphatic heterocycles. The lowest BCUT2D eigenvalue weighted by molar-refractivity contribution is 0.0745. The minimum absolute atomic E-state index is 0.641. The summed E-state index contributed by atoms with van der Waals surface area (Å²) in [5.41, 5.74) is 3.09. The molecule has 3 rings (SSSR count). The van der Waals surface area contributed by atoms with E-state index in [-0.39, 0.29) is 0 Å². The molecule has 0 aromatic heterocycles. The molecule has 1 aromatic carbocycles. The number of benzene rings is 1. The maximum atomic E-state index is 5.17. The molecule has 2 aliphatic rings. The Morgan fingerprint density at radius 1 is 1.25 bits per heavy atom. The first-order valence-electron chi connectivity index (χ1n) is 7.51. The van der Waals surface area contributed by atoms with E-state index in [2.05, 4.69) is 43.9 Å². The molecule has 110 valence electrons. The highest BCUT2D eigenvalue weighted by Crippen LogP contribution is 2.37. The lowest BCUT2D eigenvalue weighted by atomic mass is 10.1. The molecule has 0 bridgehead atoms. The summed E-state index contributed by atoms with van der Waals surface area (Å²) in [6, 6.07) is 7.44. The van der Waals surface area contributed by atoms with Crippen molar-refractivity contribution >= 4 is 15.9 Å². The average molecular weight is 339 g/mol. The first-order chi connectivity index (χ1) is 9.78. The minimum Gasteiger partial charge on any atom is -0.383 e. The average Bonchev–Trinajstić information content (AvgIpc) is 2.88. The number of piperazine rings is 1. The Balaban J connectivity index is 1.60. The van der Waals surface area contributed by atoms with Gasteiger partial charge in [0, 0.05) is 50.3 Å². The van der Waals surface area contributed by atoms with Crippen LogP contribution in [0.1, 0.15) is 23.6 Å². The summed E-state index contributed by atoms with van der Waals surface area (Å²) in [6.45, 7) is 6.63. The van der Waals surface area contributed by atoms with Crippen LogP contribution >= 0.6 is 15.9 Å². The zero-order valence-electron chi connectivity index (χ0n) is 12.1. The number of nitrogens with zero attached hydrogens (tertiary/aromatic N) is 2. The number of ether oxygens (including phenoxy) is 1. The van der Waals surface area contributed by atoms with Gasteiger partial charge in [0.2, 0.25) is 0 Å². The maximum Gasteiger partial charge on any atom is 0.0589 e. The van der Waals surface area contributed by atoms with Crippen molar-refractivity contribution in [2.45, 2.75) is 18.9 Å². The lowest BCUT2D eigenvalue weighted by Gasteiger charge is -2.38. The Morgan fingerprint density at radius 3 is 2.80 bits per heavy atom. The Morgan fingerprint density at radius 2 is 2.05 bits per heavy atom. The molecule has 1 atom stereocenters. The van der Waals surface area contributed by atoms with Gasteiger partial charge in [-0.2, -0.15) is 0 Å². The number of rotatable bonds is 4. The monoisotopic (exact) mass is 338 g/mol. The second-order valence-corrected chi connectivity index (χ2v) is 6.68. The zero-order valence-corrected chi connectivity index (χ0v) is 13.7. The molecule has 0 saturated carbocycles. The van der Waals surface area contributed by atoms with Crippen molar-refractivity contribution in [1.29, 1.82) is 0 Å². The summed E-state index contributed by atoms with van der Waals surface area (Å²) in [5.74, 6) is 0. The van der Waals surface area contributed by atoms with Gasteiger partial charge in [0.1, 0.15) is 0 Å². The molecule has 4 heteroatoms. The summed E-state index contributed by atoms with van der Waals surface area (Å²) in [5, 5.41) is 0. The fourth-order valence-corrected chi connectivity index (χ4v) is 3.87. The van der Waals surface area contributed by atoms with Crippen molar-refractivity contribution in [2.75, 3.05) is 46.4 Å². The molecule has 0 amide bonds. The highest BCUT2D eigenvalue weighted by molar-refractivity contribution is 9.10. The van der Waals surface area contributed by atoms with Crippen LogP contribution in [0, 0.1) is 0 Å². The molecule has 1 aliphatic carbocycles. The number of halogens is 1. The van der Waals surface area contributed by atoms with Gasteiger partial charge < -0.3 is 4.74 Å². The molecule has 0 radical (unpaired) electrons. The third-order valence-electron chi connectivity index (χ3n) is 4.61. The third-order valence-corrected chi connectivity index (χ3v) is 5.10. The van der Waals surface area contributed by atoms with Gasteiger partial charge in [0.25, 0.3) is 0 Å². The zero-order chi connectivity index (χ0) is 13.9. The van der Waals surface area contributed by atoms with Crippen LogP contribution in [0.15, 0.2) is 22.7 Å². The van der Waals surface area contributed by atoms with E-state index in [1.165, 1.54) is 49.1 Å². The van der Waals surface area contributed by atoms with Crippen molar-refractivity contribution < 1.29 is 4.74 Å². The fourth-order valence-electron chi connectivity index (χ4n) is 3.46. The largest absolute Gasteiger partial charge is 0.383 e. The van der Waals surface area contributed by atoms with Crippen molar-refractivity contribution in [3.63, 3.8) is 0 Å². The molecule has 1 fully saturated rings. The smallest absolute Gasteiger partial charge is 0.0589 e. The topological polar surface area (TPSA) is 15.7 Å². The highest BCUT2D eigenvalue weighted by atomic mass is 79.9. The van der Waals surface area contributed by atoms with Crippen molar-refractivity contribution in [2.24, 2.45) is 0 Å². The molecule has 0 spiro atoms. The van der Waals surface area contributed by atoms with Crippen LogP contribution in [0.25, 0.3) is 0 Å². The summed E-state index contributed by atoms with van der Waals surface area (Å²) < 4.78 is 6.38. The Bertz CT molecular complexity index is 458. The molecule has 1 unspecified atom stereocenters. The van der Waals surface area contributed by atoms with Gasteiger partial charge in [-0.25, -0.2) is 0 Å². The van der Waals surface area contributed by atoms with Crippen LogP contribution in [0.4, 0.5) is 0 Å². The summed E-state index contributed by atoms with van der Waals surface area (Å²) in [6.07, 6.45) is 2.51. The van der Waals surface area contributed by atoms with Gasteiger partial charge in [-0.05, 0) is 36.1 Å². The van der Waals surface area contributed by atoms with E-state index in [0.717, 1.165) is 13.2 Å². The molecule has 0 N–H and O–H groups in total. The molecule has 1 heterocycles. The maximum absolute atomic E-state index is 5.17. The van der Waals surface area contributed by atoms with Gasteiger partial charge in [-0.1, -0.05) is 22.0 Å². The second-order valence-electron chi connectivity index (χ2n) is 5.77. The van der Waals surface area contributed by atoms with Gasteiger partial charge >= 0.3 is 0 Å². The lowest BCUT2D eigenvalue weighted by Crippen LogP contribution is -2.48. The van der Waals surface area contributed by atoms with Crippen LogP contribution in [-0.4, -0.2) is 56.2 Å². The summed E-state index contributed by atoms with van der Waals surface area (Å²) in [4.78, 5) is 5.18. The SMILES string of the molecule is COCCN1CCN(C2CCc3cc(Br)ccc32)CC1. The standard InChI is InChI=1S/C16H23BrN2O/c1-20-11-10-18-6-8-19(9-7-18)16-5-2-13-12-14(17)3-4-15(13)16/h3-4,12,16H,2,5-11H2,1H3. The first kappa shape index (κ1) is 14.5. The number of fused-ring (bicyclic) bond motifs is 1. The predicted octanol–water partition coefficient (Wildman–Crippen LogP) is 2.70. The van der Waals surface area contributed by atoms with E-state index in [4.69, 9.17) is 4.74 Å². The fraction of sp³-hybridized carbons (Fsp3) is 0.625. The Hall–Kier alpha value is -0.420. The normalized spacial score (nSPS) is 24.0. The molecule has 3 nitrogen and oxygen atoms in total. The second kappa shape index (κ2) is 6.56. The van der Waals surface area contributed by atoms with E-state index in [0.29, 0.717) is 6.04 Å². The number of hydrogen-bond donors (Lipinski definition) is 0. The van der Waals surface area contributed by atoms with Crippen LogP contribution in [0.3, 0.4) is 0 Å². The van der Waals surface area contributed by atoms with Crippen LogP contribution in [0.5, 0.6) is 0 Å². The van der Waals surface area contributed by atoms with Gasteiger partial charge in [-0.3, -0.25) is 9.80 Å². The van der Waals surface area contributed by atoms with Gasteiger partial charge in [0.05, 0.1) is 6.61 Å². The third kappa shape index (κ3) is 3.08. The number of hydrogen-bond acceptors (Lipinski definition) is 3. The molecule has 1 aromatic rings. The summed E-state index contributed by atoms with van der Waals surface area (Å²) in [7, 11) is 1.78. The highest BCUT2D eigenvalue weighted by Gasteiger charge is 2.30. The minimum atomic E-state index is 0.641. The van der Waals surface area contributed by atoms with Crippen molar-refractivity contribution in [1.82, 2.24) is 9.80 Å². The Labute approximate surface area is 130 Å². The van der Waals surface area contributed by atoms with E-state index in [1.54, 1.807) is 12.7 Å². The molecular weight excluding hydrogens is 316 g/mol. The first-order valence-corrected chi connectivity index (χ1v) is 8.31. The van der Waals surface area contributed by atoms with Gasteiger partial charge in [0.15, 0.2) is 0 Å². The van der Waals surface area contributed by atoms with E-state index in [9.17, 15) is 0 Å². The van der Waals surface area contributed by atoms with E-state index in [1.807, 2.05) is 0 Å². The van der Waals surface area contributed by atoms with E-state index >= 15 is 0 Å². The van der Waals surface area contributed by atoms with Crippen LogP contribution < -0.4 is 0 Å². The van der Waals surface area contributed by atoms with Gasteiger partial charge in [-0.15, -0.1) is 0 Å². The number of methoxy groups -OCH3 is 1. The van der Waals surface area contributed by atoms with Crippen molar-refractivity contribution in [3.05, 3.63) is 33.8 Å². The predicted molar refractivity (Wildman–Crippen MR) is 85.1 cm³/mol. The Kier molecular flexibility index (Phi) is 4.76.